The van der Waals surface area contributed by atoms with Crippen LogP contribution in [0.1, 0.15) is 22.3 Å². The molecule has 0 unspecified atom stereocenters. The minimum absolute atomic E-state index is 0.740. The summed E-state index contributed by atoms with van der Waals surface area (Å²) >= 11 is 0. The number of aryl methyl sites for hydroxylation is 4. The van der Waals surface area contributed by atoms with Crippen LogP contribution in [0.3, 0.4) is 0 Å². The van der Waals surface area contributed by atoms with E-state index in [2.05, 4.69) is 290 Å². The fraction of sp³-hybridized carbons (Fsp3) is 0.0541. The van der Waals surface area contributed by atoms with Crippen LogP contribution in [0.2, 0.25) is 0 Å². The standard InChI is InChI=1S/C74H53N5/c1-46-17-5-7-19-56(46)66-45-67(76-74(75-66)57-20-8-6-18-47(57)2)63-42-48(3)62(41-49(63)4)52-31-29-50(30-32-52)51-33-35-53(36-34-51)77-72-39-37-54(78-68-25-13-9-21-58(68)59-22-10-14-26-69(59)78)43-64(72)65-44-55(38-40-73(65)77)79-70-27-15-11-23-60(70)61-24-12-16-28-71(61)79/h5-45H,1-4H3. The van der Waals surface area contributed by atoms with Crippen LogP contribution in [-0.2, 0) is 0 Å². The lowest BCUT2D eigenvalue weighted by atomic mass is 9.92. The molecular weight excluding hydrogens is 959 g/mol. The molecule has 0 N–H and O–H groups in total. The van der Waals surface area contributed by atoms with Gasteiger partial charge in [0, 0.05) is 66.1 Å². The predicted molar refractivity (Wildman–Crippen MR) is 331 cm³/mol. The summed E-state index contributed by atoms with van der Waals surface area (Å²) in [5, 5.41) is 7.41. The molecule has 0 amide bonds. The van der Waals surface area contributed by atoms with Crippen molar-refractivity contribution in [2.24, 2.45) is 0 Å². The Morgan fingerprint density at radius 3 is 1.09 bits per heavy atom. The molecule has 0 radical (unpaired) electrons. The average Bonchev–Trinajstić information content (AvgIpc) is 4.36. The number of aromatic nitrogens is 5. The van der Waals surface area contributed by atoms with Crippen molar-refractivity contribution < 1.29 is 0 Å². The van der Waals surface area contributed by atoms with E-state index < -0.39 is 0 Å². The molecule has 0 aliphatic heterocycles. The Balaban J connectivity index is 0.801. The van der Waals surface area contributed by atoms with Crippen LogP contribution in [0.5, 0.6) is 0 Å². The highest BCUT2D eigenvalue weighted by Crippen LogP contribution is 2.41. The second kappa shape index (κ2) is 18.3. The molecular formula is C74H53N5. The zero-order valence-corrected chi connectivity index (χ0v) is 44.4. The van der Waals surface area contributed by atoms with Crippen molar-refractivity contribution in [2.45, 2.75) is 27.7 Å². The molecule has 4 aromatic heterocycles. The van der Waals surface area contributed by atoms with E-state index in [0.29, 0.717) is 0 Å². The highest BCUT2D eigenvalue weighted by atomic mass is 15.0. The van der Waals surface area contributed by atoms with E-state index in [0.717, 1.165) is 67.6 Å². The fourth-order valence-corrected chi connectivity index (χ4v) is 12.5. The van der Waals surface area contributed by atoms with Crippen LogP contribution in [0.4, 0.5) is 0 Å². The van der Waals surface area contributed by atoms with Gasteiger partial charge in [-0.05, 0) is 157 Å². The quantitative estimate of drug-likeness (QED) is 0.152. The van der Waals surface area contributed by atoms with Crippen LogP contribution in [-0.4, -0.2) is 23.7 Å². The molecule has 0 bridgehead atoms. The summed E-state index contributed by atoms with van der Waals surface area (Å²) in [5.74, 6) is 0.740. The molecule has 79 heavy (non-hydrogen) atoms. The highest BCUT2D eigenvalue weighted by Gasteiger charge is 2.21. The molecule has 0 aliphatic rings. The molecule has 0 saturated heterocycles. The van der Waals surface area contributed by atoms with E-state index in [1.807, 2.05) is 0 Å². The third-order valence-electron chi connectivity index (χ3n) is 16.4. The van der Waals surface area contributed by atoms with Crippen LogP contribution in [0, 0.1) is 27.7 Å². The van der Waals surface area contributed by atoms with Gasteiger partial charge in [-0.15, -0.1) is 0 Å². The molecule has 11 aromatic carbocycles. The largest absolute Gasteiger partial charge is 0.309 e. The Morgan fingerprint density at radius 2 is 0.595 bits per heavy atom. The lowest BCUT2D eigenvalue weighted by Gasteiger charge is -2.16. The van der Waals surface area contributed by atoms with Gasteiger partial charge in [-0.25, -0.2) is 9.97 Å². The minimum Gasteiger partial charge on any atom is -0.309 e. The van der Waals surface area contributed by atoms with Crippen molar-refractivity contribution in [3.05, 3.63) is 271 Å². The molecule has 0 spiro atoms. The monoisotopic (exact) mass is 1010 g/mol. The summed E-state index contributed by atoms with van der Waals surface area (Å²) in [6, 6.07) is 90.8. The summed E-state index contributed by atoms with van der Waals surface area (Å²) in [6.07, 6.45) is 0. The maximum atomic E-state index is 5.24. The summed E-state index contributed by atoms with van der Waals surface area (Å²) in [7, 11) is 0. The van der Waals surface area contributed by atoms with Crippen LogP contribution >= 0.6 is 0 Å². The van der Waals surface area contributed by atoms with Gasteiger partial charge in [-0.1, -0.05) is 164 Å². The van der Waals surface area contributed by atoms with Crippen molar-refractivity contribution in [1.29, 1.82) is 0 Å². The fourth-order valence-electron chi connectivity index (χ4n) is 12.5. The Bertz CT molecular complexity index is 4590. The third kappa shape index (κ3) is 7.53. The van der Waals surface area contributed by atoms with Gasteiger partial charge in [-0.2, -0.15) is 0 Å². The number of para-hydroxylation sites is 4. The molecule has 5 nitrogen and oxygen atoms in total. The number of hydrogen-bond acceptors (Lipinski definition) is 2. The molecule has 0 saturated carbocycles. The van der Waals surface area contributed by atoms with Crippen LogP contribution < -0.4 is 0 Å². The molecule has 15 aromatic rings. The Kier molecular flexibility index (Phi) is 10.7. The zero-order valence-electron chi connectivity index (χ0n) is 44.4. The predicted octanol–water partition coefficient (Wildman–Crippen LogP) is 19.3. The molecule has 0 atom stereocenters. The third-order valence-corrected chi connectivity index (χ3v) is 16.4. The maximum absolute atomic E-state index is 5.24. The zero-order chi connectivity index (χ0) is 52.9. The van der Waals surface area contributed by atoms with Gasteiger partial charge < -0.3 is 13.7 Å². The smallest absolute Gasteiger partial charge is 0.160 e. The first-order valence-corrected chi connectivity index (χ1v) is 27.2. The number of nitrogens with zero attached hydrogens (tertiary/aromatic N) is 5. The van der Waals surface area contributed by atoms with Gasteiger partial charge in [0.25, 0.3) is 0 Å². The van der Waals surface area contributed by atoms with E-state index in [1.165, 1.54) is 93.3 Å². The van der Waals surface area contributed by atoms with Crippen LogP contribution in [0.25, 0.3) is 139 Å². The van der Waals surface area contributed by atoms with Crippen molar-refractivity contribution in [2.75, 3.05) is 0 Å². The number of benzene rings is 11. The molecule has 0 fully saturated rings. The Morgan fingerprint density at radius 1 is 0.241 bits per heavy atom. The highest BCUT2D eigenvalue weighted by molar-refractivity contribution is 6.14. The first-order chi connectivity index (χ1) is 38.8. The van der Waals surface area contributed by atoms with E-state index >= 15 is 0 Å². The second-order valence-electron chi connectivity index (χ2n) is 21.2. The van der Waals surface area contributed by atoms with Gasteiger partial charge >= 0.3 is 0 Å². The van der Waals surface area contributed by atoms with Crippen LogP contribution in [0.15, 0.2) is 249 Å². The van der Waals surface area contributed by atoms with Crippen molar-refractivity contribution in [3.8, 4) is 73.2 Å². The summed E-state index contributed by atoms with van der Waals surface area (Å²) < 4.78 is 7.28. The average molecular weight is 1010 g/mol. The van der Waals surface area contributed by atoms with E-state index in [9.17, 15) is 0 Å². The van der Waals surface area contributed by atoms with Gasteiger partial charge in [0.05, 0.1) is 44.5 Å². The van der Waals surface area contributed by atoms with Gasteiger partial charge in [0.15, 0.2) is 5.82 Å². The van der Waals surface area contributed by atoms with Gasteiger partial charge in [0.1, 0.15) is 0 Å². The molecule has 5 heteroatoms. The number of fused-ring (bicyclic) bond motifs is 9. The molecule has 374 valence electrons. The SMILES string of the molecule is Cc1cc(-c2cc(-c3ccccc3C)nc(-c3ccccc3C)n2)c(C)cc1-c1ccc(-c2ccc(-n3c4ccc(-n5c6ccccc6c6ccccc65)cc4c4cc(-n5c6ccccc6c6ccccc65)ccc43)cc2)cc1. The first kappa shape index (κ1) is 46.2. The van der Waals surface area contributed by atoms with Crippen molar-refractivity contribution >= 4 is 65.4 Å². The first-order valence-electron chi connectivity index (χ1n) is 27.2. The lowest BCUT2D eigenvalue weighted by molar-refractivity contribution is 1.16. The molecule has 0 aliphatic carbocycles. The molecule has 15 rings (SSSR count). The molecule has 4 heterocycles. The Hall–Kier alpha value is -10.1. The van der Waals surface area contributed by atoms with Crippen molar-refractivity contribution in [1.82, 2.24) is 23.7 Å². The maximum Gasteiger partial charge on any atom is 0.160 e. The Labute approximate surface area is 458 Å². The topological polar surface area (TPSA) is 40.6 Å². The van der Waals surface area contributed by atoms with E-state index in [-0.39, 0.29) is 0 Å². The normalized spacial score (nSPS) is 11.8. The summed E-state index contributed by atoms with van der Waals surface area (Å²) in [4.78, 5) is 10.4. The number of rotatable bonds is 8. The van der Waals surface area contributed by atoms with Gasteiger partial charge in [-0.3, -0.25) is 0 Å². The van der Waals surface area contributed by atoms with E-state index in [4.69, 9.17) is 9.97 Å². The summed E-state index contributed by atoms with van der Waals surface area (Å²) in [5.41, 5.74) is 25.0. The lowest BCUT2D eigenvalue weighted by Crippen LogP contribution is -1.99. The number of hydrogen-bond donors (Lipinski definition) is 0. The van der Waals surface area contributed by atoms with E-state index in [1.54, 1.807) is 0 Å². The second-order valence-corrected chi connectivity index (χ2v) is 21.2. The minimum atomic E-state index is 0.740. The summed E-state index contributed by atoms with van der Waals surface area (Å²) in [6.45, 7) is 8.68. The van der Waals surface area contributed by atoms with Crippen molar-refractivity contribution in [3.63, 3.8) is 0 Å². The van der Waals surface area contributed by atoms with Gasteiger partial charge in [0.2, 0.25) is 0 Å².